The molecule has 2 atom stereocenters. The van der Waals surface area contributed by atoms with Gasteiger partial charge in [0.15, 0.2) is 17.6 Å². The average molecular weight is 402 g/mol. The van der Waals surface area contributed by atoms with Crippen LogP contribution in [0.25, 0.3) is 0 Å². The third-order valence-electron chi connectivity index (χ3n) is 7.09. The Bertz CT molecular complexity index is 785. The Hall–Kier alpha value is -1.77. The van der Waals surface area contributed by atoms with E-state index in [1.807, 2.05) is 13.8 Å². The molecule has 4 bridgehead atoms. The van der Waals surface area contributed by atoms with Gasteiger partial charge in [-0.15, -0.1) is 0 Å². The van der Waals surface area contributed by atoms with Crippen LogP contribution in [0.4, 0.5) is 0 Å². The van der Waals surface area contributed by atoms with Crippen molar-refractivity contribution in [2.75, 3.05) is 6.61 Å². The first-order chi connectivity index (χ1) is 13.3. The van der Waals surface area contributed by atoms with Crippen LogP contribution in [-0.4, -0.2) is 34.1 Å². The van der Waals surface area contributed by atoms with Crippen LogP contribution in [0.3, 0.4) is 0 Å². The highest BCUT2D eigenvalue weighted by Gasteiger charge is 2.57. The molecule has 0 spiro atoms. The number of hydrogen-bond donors (Lipinski definition) is 2. The Morgan fingerprint density at radius 1 is 1.29 bits per heavy atom. The van der Waals surface area contributed by atoms with Crippen molar-refractivity contribution in [1.29, 1.82) is 10.7 Å². The summed E-state index contributed by atoms with van der Waals surface area (Å²) in [5.41, 5.74) is -0.890. The Morgan fingerprint density at radius 3 is 2.43 bits per heavy atom. The molecule has 1 aromatic rings. The number of rotatable bonds is 5. The van der Waals surface area contributed by atoms with Crippen LogP contribution in [0, 0.1) is 40.0 Å². The Balaban J connectivity index is 1.54. The first-order valence-corrected chi connectivity index (χ1v) is 10.5. The molecule has 4 saturated carbocycles. The van der Waals surface area contributed by atoms with Crippen LogP contribution >= 0.6 is 11.6 Å². The van der Waals surface area contributed by atoms with Crippen molar-refractivity contribution in [3.05, 3.63) is 29.3 Å². The van der Waals surface area contributed by atoms with Gasteiger partial charge in [-0.05, 0) is 93.4 Å². The van der Waals surface area contributed by atoms with Crippen LogP contribution in [0.15, 0.2) is 24.3 Å². The van der Waals surface area contributed by atoms with Crippen LogP contribution in [0.5, 0.6) is 5.75 Å². The molecule has 0 amide bonds. The fraction of sp³-hybridized carbons (Fsp3) is 0.636. The van der Waals surface area contributed by atoms with Crippen molar-refractivity contribution < 1.29 is 9.84 Å². The van der Waals surface area contributed by atoms with Crippen LogP contribution in [-0.2, 0) is 0 Å². The van der Waals surface area contributed by atoms with Gasteiger partial charge in [-0.1, -0.05) is 11.6 Å². The lowest BCUT2D eigenvalue weighted by Crippen LogP contribution is -2.62. The summed E-state index contributed by atoms with van der Waals surface area (Å²) < 4.78 is 6.07. The van der Waals surface area contributed by atoms with Crippen molar-refractivity contribution in [3.63, 3.8) is 0 Å². The molecule has 2 N–H and O–H groups in total. The maximum Gasteiger partial charge on any atom is 0.185 e. The van der Waals surface area contributed by atoms with E-state index >= 15 is 0 Å². The predicted molar refractivity (Wildman–Crippen MR) is 108 cm³/mol. The number of amidine groups is 1. The van der Waals surface area contributed by atoms with Crippen molar-refractivity contribution in [1.82, 2.24) is 4.90 Å². The summed E-state index contributed by atoms with van der Waals surface area (Å²) in [6, 6.07) is 7.11. The van der Waals surface area contributed by atoms with E-state index in [4.69, 9.17) is 21.7 Å². The molecule has 5 nitrogen and oxygen atoms in total. The molecule has 150 valence electrons. The maximum atomic E-state index is 9.99. The quantitative estimate of drug-likeness (QED) is 0.330. The van der Waals surface area contributed by atoms with E-state index in [0.29, 0.717) is 28.5 Å². The summed E-state index contributed by atoms with van der Waals surface area (Å²) in [5, 5.41) is 29.4. The topological polar surface area (TPSA) is 80.3 Å². The molecule has 0 saturated heterocycles. The zero-order valence-corrected chi connectivity index (χ0v) is 17.2. The molecule has 4 fully saturated rings. The number of benzene rings is 1. The van der Waals surface area contributed by atoms with Crippen molar-refractivity contribution in [2.45, 2.75) is 57.6 Å². The molecule has 1 aromatic carbocycles. The van der Waals surface area contributed by atoms with E-state index in [0.717, 1.165) is 32.1 Å². The second-order valence-electron chi connectivity index (χ2n) is 9.50. The molecule has 6 heteroatoms. The molecule has 2 unspecified atom stereocenters. The van der Waals surface area contributed by atoms with Gasteiger partial charge in [0.2, 0.25) is 0 Å². The first kappa shape index (κ1) is 19.5. The number of nitriles is 1. The second-order valence-corrected chi connectivity index (χ2v) is 9.94. The van der Waals surface area contributed by atoms with E-state index in [-0.39, 0.29) is 23.9 Å². The van der Waals surface area contributed by atoms with Crippen molar-refractivity contribution >= 4 is 17.4 Å². The number of nitrogens with zero attached hydrogens (tertiary/aromatic N) is 2. The predicted octanol–water partition coefficient (Wildman–Crippen LogP) is 4.44. The van der Waals surface area contributed by atoms with Gasteiger partial charge >= 0.3 is 0 Å². The highest BCUT2D eigenvalue weighted by atomic mass is 35.5. The second kappa shape index (κ2) is 6.93. The highest BCUT2D eigenvalue weighted by molar-refractivity contribution is 6.30. The minimum absolute atomic E-state index is 0.0433. The van der Waals surface area contributed by atoms with Gasteiger partial charge in [0, 0.05) is 11.6 Å². The summed E-state index contributed by atoms with van der Waals surface area (Å²) in [7, 11) is 0. The zero-order valence-electron chi connectivity index (χ0n) is 16.5. The summed E-state index contributed by atoms with van der Waals surface area (Å²) in [5.74, 6) is 2.21. The summed E-state index contributed by atoms with van der Waals surface area (Å²) in [6.07, 6.45) is 7.56. The van der Waals surface area contributed by atoms with E-state index in [1.54, 1.807) is 29.2 Å². The molecule has 4 aliphatic rings. The van der Waals surface area contributed by atoms with Crippen LogP contribution in [0.2, 0.25) is 5.02 Å². The van der Waals surface area contributed by atoms with Crippen molar-refractivity contribution in [2.24, 2.45) is 23.2 Å². The lowest BCUT2D eigenvalue weighted by atomic mass is 9.48. The molecule has 0 aliphatic heterocycles. The maximum absolute atomic E-state index is 9.99. The van der Waals surface area contributed by atoms with E-state index in [2.05, 4.69) is 6.19 Å². The lowest BCUT2D eigenvalue weighted by Gasteiger charge is -2.61. The molecular formula is C22H28ClN3O2. The van der Waals surface area contributed by atoms with Gasteiger partial charge in [-0.3, -0.25) is 10.3 Å². The standard InChI is InChI=1S/C22H28ClN3O2/c1-21(2,28-18-5-3-17(23)4-6-18)20(25)26(13-24)19-15-7-14-8-16(19)11-22(9-14,10-15)12-27/h3-6,14-16,19,25,27H,7-12H2,1-2H3. The van der Waals surface area contributed by atoms with Crippen LogP contribution < -0.4 is 4.74 Å². The molecule has 0 aromatic heterocycles. The smallest absolute Gasteiger partial charge is 0.185 e. The van der Waals surface area contributed by atoms with Gasteiger partial charge in [-0.25, -0.2) is 0 Å². The molecular weight excluding hydrogens is 374 g/mol. The number of aliphatic hydroxyl groups is 1. The summed E-state index contributed by atoms with van der Waals surface area (Å²) >= 11 is 5.95. The van der Waals surface area contributed by atoms with E-state index in [9.17, 15) is 10.4 Å². The highest BCUT2D eigenvalue weighted by Crippen LogP contribution is 2.61. The number of nitrogens with one attached hydrogen (secondary N) is 1. The number of halogens is 1. The largest absolute Gasteiger partial charge is 0.480 e. The minimum atomic E-state index is -0.938. The fourth-order valence-electron chi connectivity index (χ4n) is 6.18. The van der Waals surface area contributed by atoms with Crippen molar-refractivity contribution in [3.8, 4) is 11.9 Å². The summed E-state index contributed by atoms with van der Waals surface area (Å²) in [4.78, 5) is 1.61. The Morgan fingerprint density at radius 2 is 1.89 bits per heavy atom. The number of aliphatic hydroxyl groups excluding tert-OH is 1. The van der Waals surface area contributed by atoms with Gasteiger partial charge in [0.25, 0.3) is 0 Å². The third-order valence-corrected chi connectivity index (χ3v) is 7.34. The molecule has 28 heavy (non-hydrogen) atoms. The monoisotopic (exact) mass is 401 g/mol. The number of ether oxygens (including phenoxy) is 1. The lowest BCUT2D eigenvalue weighted by molar-refractivity contribution is -0.111. The van der Waals surface area contributed by atoms with Gasteiger partial charge in [0.05, 0.1) is 6.04 Å². The normalized spacial score (nSPS) is 33.4. The van der Waals surface area contributed by atoms with E-state index in [1.165, 1.54) is 0 Å². The number of hydrogen-bond acceptors (Lipinski definition) is 4. The molecule has 5 rings (SSSR count). The first-order valence-electron chi connectivity index (χ1n) is 10.1. The minimum Gasteiger partial charge on any atom is -0.480 e. The van der Waals surface area contributed by atoms with Gasteiger partial charge in [-0.2, -0.15) is 5.26 Å². The SMILES string of the molecule is CC(C)(Oc1ccc(Cl)cc1)C(=N)N(C#N)C1C2CC3CC1CC(CO)(C3)C2. The average Bonchev–Trinajstić information content (AvgIpc) is 2.65. The van der Waals surface area contributed by atoms with Crippen LogP contribution in [0.1, 0.15) is 46.0 Å². The Kier molecular flexibility index (Phi) is 4.84. The third kappa shape index (κ3) is 3.27. The van der Waals surface area contributed by atoms with E-state index < -0.39 is 5.60 Å². The zero-order chi connectivity index (χ0) is 20.1. The molecule has 0 radical (unpaired) electrons. The summed E-state index contributed by atoms with van der Waals surface area (Å²) in [6.45, 7) is 3.91. The Labute approximate surface area is 171 Å². The van der Waals surface area contributed by atoms with Gasteiger partial charge in [0.1, 0.15) is 5.75 Å². The fourth-order valence-corrected chi connectivity index (χ4v) is 6.31. The molecule has 4 aliphatic carbocycles. The molecule has 0 heterocycles. The van der Waals surface area contributed by atoms with Gasteiger partial charge < -0.3 is 9.84 Å².